The zero-order valence-electron chi connectivity index (χ0n) is 8.51. The third-order valence-corrected chi connectivity index (χ3v) is 2.96. The largest absolute Gasteiger partial charge is 0.383 e. The van der Waals surface area contributed by atoms with Crippen LogP contribution in [0.5, 0.6) is 0 Å². The molecule has 2 amide bonds. The van der Waals surface area contributed by atoms with Crippen LogP contribution >= 0.6 is 0 Å². The molecule has 0 aromatic rings. The van der Waals surface area contributed by atoms with Gasteiger partial charge in [-0.25, -0.2) is 4.79 Å². The van der Waals surface area contributed by atoms with Crippen molar-refractivity contribution in [3.8, 4) is 0 Å². The summed E-state index contributed by atoms with van der Waals surface area (Å²) in [6.45, 7) is 3.99. The molecule has 0 aromatic carbocycles. The van der Waals surface area contributed by atoms with Gasteiger partial charge in [-0.15, -0.1) is 0 Å². The summed E-state index contributed by atoms with van der Waals surface area (Å²) in [4.78, 5) is 13.4. The second kappa shape index (κ2) is 3.74. The Labute approximate surface area is 83.8 Å². The van der Waals surface area contributed by atoms with Crippen LogP contribution in [0.1, 0.15) is 6.42 Å². The fourth-order valence-electron chi connectivity index (χ4n) is 2.15. The van der Waals surface area contributed by atoms with Gasteiger partial charge in [-0.1, -0.05) is 0 Å². The highest BCUT2D eigenvalue weighted by Crippen LogP contribution is 2.21. The summed E-state index contributed by atoms with van der Waals surface area (Å²) in [5, 5.41) is 6.34. The minimum Gasteiger partial charge on any atom is -0.383 e. The molecule has 0 bridgehead atoms. The standard InChI is InChI=1S/C9H17N3O2/c1-14-5-4-12-7-9(11-8(12)13)2-3-10-6-9/h10H,2-7H2,1H3,(H,11,13)/t9-/m0/s1. The first kappa shape index (κ1) is 9.73. The summed E-state index contributed by atoms with van der Waals surface area (Å²) in [6.07, 6.45) is 1.03. The molecule has 0 saturated carbocycles. The van der Waals surface area contributed by atoms with E-state index in [2.05, 4.69) is 10.6 Å². The SMILES string of the molecule is COCCN1C[C@@]2(CCNC2)NC1=O. The lowest BCUT2D eigenvalue weighted by atomic mass is 10.0. The average molecular weight is 199 g/mol. The van der Waals surface area contributed by atoms with E-state index in [4.69, 9.17) is 4.74 Å². The first-order valence-electron chi connectivity index (χ1n) is 5.02. The molecule has 5 heteroatoms. The summed E-state index contributed by atoms with van der Waals surface area (Å²) in [6, 6.07) is 0.0470. The van der Waals surface area contributed by atoms with Gasteiger partial charge in [0.25, 0.3) is 0 Å². The van der Waals surface area contributed by atoms with Crippen LogP contribution in [-0.2, 0) is 4.74 Å². The van der Waals surface area contributed by atoms with Crippen LogP contribution in [0.15, 0.2) is 0 Å². The number of ether oxygens (including phenoxy) is 1. The molecule has 2 N–H and O–H groups in total. The number of carbonyl (C=O) groups excluding carboxylic acids is 1. The minimum absolute atomic E-state index is 0.00910. The summed E-state index contributed by atoms with van der Waals surface area (Å²) in [5.41, 5.74) is -0.00910. The fraction of sp³-hybridized carbons (Fsp3) is 0.889. The summed E-state index contributed by atoms with van der Waals surface area (Å²) >= 11 is 0. The monoisotopic (exact) mass is 199 g/mol. The molecule has 0 unspecified atom stereocenters. The van der Waals surface area contributed by atoms with Crippen LogP contribution in [0.3, 0.4) is 0 Å². The van der Waals surface area contributed by atoms with Gasteiger partial charge in [0.05, 0.1) is 12.1 Å². The quantitative estimate of drug-likeness (QED) is 0.637. The predicted octanol–water partition coefficient (Wildman–Crippen LogP) is -0.610. The number of hydrogen-bond acceptors (Lipinski definition) is 3. The molecule has 2 saturated heterocycles. The highest BCUT2D eigenvalue weighted by atomic mass is 16.5. The van der Waals surface area contributed by atoms with E-state index >= 15 is 0 Å². The van der Waals surface area contributed by atoms with E-state index in [1.807, 2.05) is 4.90 Å². The van der Waals surface area contributed by atoms with Crippen molar-refractivity contribution in [1.29, 1.82) is 0 Å². The smallest absolute Gasteiger partial charge is 0.318 e. The van der Waals surface area contributed by atoms with E-state index in [0.29, 0.717) is 13.2 Å². The molecule has 1 spiro atoms. The summed E-state index contributed by atoms with van der Waals surface area (Å²) < 4.78 is 4.97. The Balaban J connectivity index is 1.92. The molecular weight excluding hydrogens is 182 g/mol. The number of amides is 2. The topological polar surface area (TPSA) is 53.6 Å². The van der Waals surface area contributed by atoms with E-state index in [1.54, 1.807) is 7.11 Å². The molecule has 2 fully saturated rings. The fourth-order valence-corrected chi connectivity index (χ4v) is 2.15. The van der Waals surface area contributed by atoms with Gasteiger partial charge in [-0.3, -0.25) is 0 Å². The summed E-state index contributed by atoms with van der Waals surface area (Å²) in [7, 11) is 1.65. The second-order valence-corrected chi connectivity index (χ2v) is 4.05. The van der Waals surface area contributed by atoms with Gasteiger partial charge in [0, 0.05) is 26.7 Å². The number of methoxy groups -OCH3 is 1. The highest BCUT2D eigenvalue weighted by molar-refractivity contribution is 5.78. The highest BCUT2D eigenvalue weighted by Gasteiger charge is 2.43. The maximum absolute atomic E-state index is 11.6. The van der Waals surface area contributed by atoms with Gasteiger partial charge in [-0.05, 0) is 13.0 Å². The molecular formula is C9H17N3O2. The van der Waals surface area contributed by atoms with Gasteiger partial charge in [0.15, 0.2) is 0 Å². The summed E-state index contributed by atoms with van der Waals surface area (Å²) in [5.74, 6) is 0. The molecule has 1 atom stereocenters. The lowest BCUT2D eigenvalue weighted by Crippen LogP contribution is -2.45. The van der Waals surface area contributed by atoms with Gasteiger partial charge in [0.2, 0.25) is 0 Å². The number of rotatable bonds is 3. The third-order valence-electron chi connectivity index (χ3n) is 2.96. The van der Waals surface area contributed by atoms with E-state index in [9.17, 15) is 4.79 Å². The zero-order valence-corrected chi connectivity index (χ0v) is 8.51. The lowest BCUT2D eigenvalue weighted by molar-refractivity contribution is 0.159. The third kappa shape index (κ3) is 1.69. The van der Waals surface area contributed by atoms with Crippen LogP contribution in [0.4, 0.5) is 4.79 Å². The van der Waals surface area contributed by atoms with Crippen LogP contribution in [0.2, 0.25) is 0 Å². The molecule has 14 heavy (non-hydrogen) atoms. The Hall–Kier alpha value is -0.810. The number of hydrogen-bond donors (Lipinski definition) is 2. The average Bonchev–Trinajstić information content (AvgIpc) is 2.72. The number of urea groups is 1. The van der Waals surface area contributed by atoms with Crippen molar-refractivity contribution in [2.45, 2.75) is 12.0 Å². The second-order valence-electron chi connectivity index (χ2n) is 4.05. The van der Waals surface area contributed by atoms with Crippen molar-refractivity contribution < 1.29 is 9.53 Å². The van der Waals surface area contributed by atoms with Crippen LogP contribution in [0, 0.1) is 0 Å². The van der Waals surface area contributed by atoms with E-state index in [-0.39, 0.29) is 11.6 Å². The normalized spacial score (nSPS) is 31.5. The van der Waals surface area contributed by atoms with E-state index < -0.39 is 0 Å². The molecule has 0 radical (unpaired) electrons. The van der Waals surface area contributed by atoms with Crippen LogP contribution < -0.4 is 10.6 Å². The Morgan fingerprint density at radius 2 is 2.50 bits per heavy atom. The maximum Gasteiger partial charge on any atom is 0.318 e. The molecule has 2 aliphatic rings. The van der Waals surface area contributed by atoms with Crippen molar-refractivity contribution in [2.75, 3.05) is 39.9 Å². The minimum atomic E-state index is -0.00910. The van der Waals surface area contributed by atoms with Crippen molar-refractivity contribution in [1.82, 2.24) is 15.5 Å². The van der Waals surface area contributed by atoms with Gasteiger partial charge >= 0.3 is 6.03 Å². The van der Waals surface area contributed by atoms with E-state index in [0.717, 1.165) is 26.1 Å². The molecule has 0 aliphatic carbocycles. The Bertz CT molecular complexity index is 226. The molecule has 80 valence electrons. The Morgan fingerprint density at radius 3 is 3.14 bits per heavy atom. The van der Waals surface area contributed by atoms with Crippen molar-refractivity contribution >= 4 is 6.03 Å². The first-order chi connectivity index (χ1) is 6.76. The van der Waals surface area contributed by atoms with E-state index in [1.165, 1.54) is 0 Å². The number of carbonyl (C=O) groups is 1. The van der Waals surface area contributed by atoms with Gasteiger partial charge in [0.1, 0.15) is 0 Å². The Kier molecular flexibility index (Phi) is 2.60. The van der Waals surface area contributed by atoms with Crippen molar-refractivity contribution in [3.63, 3.8) is 0 Å². The van der Waals surface area contributed by atoms with Gasteiger partial charge < -0.3 is 20.3 Å². The van der Waals surface area contributed by atoms with Crippen molar-refractivity contribution in [3.05, 3.63) is 0 Å². The van der Waals surface area contributed by atoms with Crippen LogP contribution in [-0.4, -0.2) is 56.4 Å². The number of nitrogens with one attached hydrogen (secondary N) is 2. The first-order valence-corrected chi connectivity index (χ1v) is 5.02. The zero-order chi connectivity index (χ0) is 10.0. The molecule has 5 nitrogen and oxygen atoms in total. The Morgan fingerprint density at radius 1 is 1.64 bits per heavy atom. The molecule has 2 aliphatic heterocycles. The maximum atomic E-state index is 11.6. The predicted molar refractivity (Wildman–Crippen MR) is 52.2 cm³/mol. The molecule has 0 aromatic heterocycles. The van der Waals surface area contributed by atoms with Crippen molar-refractivity contribution in [2.24, 2.45) is 0 Å². The van der Waals surface area contributed by atoms with Crippen LogP contribution in [0.25, 0.3) is 0 Å². The lowest BCUT2D eigenvalue weighted by Gasteiger charge is -2.21. The number of nitrogens with zero attached hydrogens (tertiary/aromatic N) is 1. The molecule has 2 heterocycles. The van der Waals surface area contributed by atoms with Gasteiger partial charge in [-0.2, -0.15) is 0 Å². The molecule has 2 rings (SSSR count).